The first-order valence-corrected chi connectivity index (χ1v) is 4.19. The fourth-order valence-electron chi connectivity index (χ4n) is 1.34. The maximum Gasteiger partial charge on any atom is 0.201 e. The first kappa shape index (κ1) is 6.97. The lowest BCUT2D eigenvalue weighted by molar-refractivity contribution is 0.407. The van der Waals surface area contributed by atoms with Crippen molar-refractivity contribution in [3.8, 4) is 0 Å². The van der Waals surface area contributed by atoms with E-state index >= 15 is 0 Å². The number of aromatic amines is 1. The van der Waals surface area contributed by atoms with E-state index in [4.69, 9.17) is 4.74 Å². The summed E-state index contributed by atoms with van der Waals surface area (Å²) in [6.07, 6.45) is 3.15. The lowest BCUT2D eigenvalue weighted by Gasteiger charge is -1.94. The van der Waals surface area contributed by atoms with Gasteiger partial charge in [0.1, 0.15) is 5.52 Å². The second kappa shape index (κ2) is 2.50. The molecule has 1 unspecified atom stereocenters. The molecule has 1 fully saturated rings. The molecule has 1 saturated heterocycles. The summed E-state index contributed by atoms with van der Waals surface area (Å²) < 4.78 is 5.13. The monoisotopic (exact) mass is 176 g/mol. The first-order valence-electron chi connectivity index (χ1n) is 4.19. The highest BCUT2D eigenvalue weighted by atomic mass is 16.6. The number of hydrogen-bond acceptors (Lipinski definition) is 4. The van der Waals surface area contributed by atoms with E-state index in [1.165, 1.54) is 0 Å². The molecule has 66 valence electrons. The van der Waals surface area contributed by atoms with Crippen molar-refractivity contribution in [3.63, 3.8) is 0 Å². The Kier molecular flexibility index (Phi) is 1.34. The molecule has 1 aliphatic heterocycles. The molecule has 0 aliphatic carbocycles. The molecule has 13 heavy (non-hydrogen) atoms. The average molecular weight is 176 g/mol. The van der Waals surface area contributed by atoms with Crippen LogP contribution in [0.15, 0.2) is 12.3 Å². The van der Waals surface area contributed by atoms with Crippen LogP contribution in [0, 0.1) is 0 Å². The Morgan fingerprint density at radius 1 is 1.54 bits per heavy atom. The molecule has 0 aromatic carbocycles. The number of H-pyrrole nitrogens is 1. The molecule has 0 amide bonds. The molecule has 1 atom stereocenters. The Morgan fingerprint density at radius 3 is 3.31 bits per heavy atom. The topological polar surface area (TPSA) is 67.0 Å². The van der Waals surface area contributed by atoms with Crippen LogP contribution in [0.1, 0.15) is 5.56 Å². The molecule has 5 heteroatoms. The minimum absolute atomic E-state index is 0.395. The van der Waals surface area contributed by atoms with Crippen LogP contribution >= 0.6 is 0 Å². The van der Waals surface area contributed by atoms with E-state index in [0.717, 1.165) is 24.1 Å². The highest BCUT2D eigenvalue weighted by Crippen LogP contribution is 2.17. The van der Waals surface area contributed by atoms with Crippen molar-refractivity contribution in [2.75, 3.05) is 6.61 Å². The van der Waals surface area contributed by atoms with E-state index in [2.05, 4.69) is 20.4 Å². The molecule has 1 N–H and O–H groups in total. The van der Waals surface area contributed by atoms with Gasteiger partial charge in [-0.3, -0.25) is 0 Å². The number of hydrogen-bond donors (Lipinski definition) is 1. The zero-order chi connectivity index (χ0) is 8.67. The zero-order valence-corrected chi connectivity index (χ0v) is 6.90. The van der Waals surface area contributed by atoms with Gasteiger partial charge in [-0.25, -0.2) is 4.98 Å². The molecule has 3 rings (SSSR count). The maximum absolute atomic E-state index is 5.13. The standard InChI is InChI=1S/C8H8N4O/c1(6-4-13-6)5-2-7-8(9-3-5)11-12-10-7/h2-3,6H,1,4H2,(H,9,10,11,12). The van der Waals surface area contributed by atoms with Gasteiger partial charge in [0.25, 0.3) is 0 Å². The summed E-state index contributed by atoms with van der Waals surface area (Å²) in [5.41, 5.74) is 2.64. The molecule has 0 radical (unpaired) electrons. The van der Waals surface area contributed by atoms with Gasteiger partial charge in [-0.1, -0.05) is 0 Å². The summed E-state index contributed by atoms with van der Waals surface area (Å²) in [4.78, 5) is 4.16. The summed E-state index contributed by atoms with van der Waals surface area (Å²) in [5, 5.41) is 10.4. The molecule has 0 spiro atoms. The molecule has 0 saturated carbocycles. The molecule has 2 aromatic heterocycles. The van der Waals surface area contributed by atoms with Crippen LogP contribution in [0.3, 0.4) is 0 Å². The molecule has 2 aromatic rings. The first-order chi connectivity index (χ1) is 6.42. The Labute approximate surface area is 74.1 Å². The predicted molar refractivity (Wildman–Crippen MR) is 45.1 cm³/mol. The van der Waals surface area contributed by atoms with Crippen molar-refractivity contribution in [2.45, 2.75) is 12.5 Å². The minimum Gasteiger partial charge on any atom is -0.373 e. The van der Waals surface area contributed by atoms with Crippen LogP contribution in [0.4, 0.5) is 0 Å². The van der Waals surface area contributed by atoms with Gasteiger partial charge in [-0.15, -0.1) is 5.10 Å². The molecular weight excluding hydrogens is 168 g/mol. The molecule has 0 bridgehead atoms. The van der Waals surface area contributed by atoms with Gasteiger partial charge < -0.3 is 4.74 Å². The number of nitrogens with one attached hydrogen (secondary N) is 1. The SMILES string of the molecule is c1nc2n[nH]nc2cc1CC1CO1. The zero-order valence-electron chi connectivity index (χ0n) is 6.90. The number of pyridine rings is 1. The van der Waals surface area contributed by atoms with Gasteiger partial charge in [0.05, 0.1) is 12.7 Å². The average Bonchev–Trinajstić information content (AvgIpc) is 2.83. The lowest BCUT2D eigenvalue weighted by Crippen LogP contribution is -1.93. The second-order valence-corrected chi connectivity index (χ2v) is 3.17. The van der Waals surface area contributed by atoms with E-state index in [9.17, 15) is 0 Å². The lowest BCUT2D eigenvalue weighted by atomic mass is 10.1. The molecule has 1 aliphatic rings. The van der Waals surface area contributed by atoms with E-state index < -0.39 is 0 Å². The number of epoxide rings is 1. The number of aromatic nitrogens is 4. The fraction of sp³-hybridized carbons (Fsp3) is 0.375. The highest BCUT2D eigenvalue weighted by Gasteiger charge is 2.22. The van der Waals surface area contributed by atoms with Gasteiger partial charge in [0.2, 0.25) is 5.65 Å². The van der Waals surface area contributed by atoms with Gasteiger partial charge in [-0.05, 0) is 11.6 Å². The summed E-state index contributed by atoms with van der Waals surface area (Å²) in [7, 11) is 0. The van der Waals surface area contributed by atoms with Crippen molar-refractivity contribution >= 4 is 11.2 Å². The molecular formula is C8H8N4O. The largest absolute Gasteiger partial charge is 0.373 e. The van der Waals surface area contributed by atoms with Crippen molar-refractivity contribution in [3.05, 3.63) is 17.8 Å². The predicted octanol–water partition coefficient (Wildman–Crippen LogP) is 0.294. The minimum atomic E-state index is 0.395. The smallest absolute Gasteiger partial charge is 0.201 e. The van der Waals surface area contributed by atoms with Crippen molar-refractivity contribution < 1.29 is 4.74 Å². The number of fused-ring (bicyclic) bond motifs is 1. The summed E-state index contributed by atoms with van der Waals surface area (Å²) >= 11 is 0. The Balaban J connectivity index is 1.99. The van der Waals surface area contributed by atoms with Gasteiger partial charge in [0, 0.05) is 12.6 Å². The molecule has 5 nitrogen and oxygen atoms in total. The van der Waals surface area contributed by atoms with Crippen LogP contribution in [0.5, 0.6) is 0 Å². The summed E-state index contributed by atoms with van der Waals surface area (Å²) in [6, 6.07) is 1.99. The van der Waals surface area contributed by atoms with Crippen LogP contribution in [0.25, 0.3) is 11.2 Å². The van der Waals surface area contributed by atoms with E-state index in [1.54, 1.807) is 0 Å². The van der Waals surface area contributed by atoms with Gasteiger partial charge in [0.15, 0.2) is 0 Å². The van der Waals surface area contributed by atoms with Crippen molar-refractivity contribution in [2.24, 2.45) is 0 Å². The van der Waals surface area contributed by atoms with E-state index in [-0.39, 0.29) is 0 Å². The fourth-order valence-corrected chi connectivity index (χ4v) is 1.34. The Morgan fingerprint density at radius 2 is 2.46 bits per heavy atom. The third-order valence-corrected chi connectivity index (χ3v) is 2.10. The maximum atomic E-state index is 5.13. The van der Waals surface area contributed by atoms with Crippen LogP contribution in [-0.4, -0.2) is 33.1 Å². The quantitative estimate of drug-likeness (QED) is 0.668. The Bertz CT molecular complexity index is 434. The van der Waals surface area contributed by atoms with Crippen LogP contribution < -0.4 is 0 Å². The third kappa shape index (κ3) is 1.27. The number of ether oxygens (including phenoxy) is 1. The normalized spacial score (nSPS) is 20.8. The van der Waals surface area contributed by atoms with Crippen molar-refractivity contribution in [1.82, 2.24) is 20.4 Å². The Hall–Kier alpha value is -1.49. The highest BCUT2D eigenvalue weighted by molar-refractivity contribution is 5.68. The van der Waals surface area contributed by atoms with E-state index in [0.29, 0.717) is 11.8 Å². The van der Waals surface area contributed by atoms with Crippen LogP contribution in [-0.2, 0) is 11.2 Å². The van der Waals surface area contributed by atoms with Crippen molar-refractivity contribution in [1.29, 1.82) is 0 Å². The van der Waals surface area contributed by atoms with E-state index in [1.807, 2.05) is 12.3 Å². The summed E-state index contributed by atoms with van der Waals surface area (Å²) in [5.74, 6) is 0. The van der Waals surface area contributed by atoms with Gasteiger partial charge in [-0.2, -0.15) is 10.3 Å². The number of rotatable bonds is 2. The van der Waals surface area contributed by atoms with Crippen LogP contribution in [0.2, 0.25) is 0 Å². The molecule has 3 heterocycles. The summed E-state index contributed by atoms with van der Waals surface area (Å²) in [6.45, 7) is 0.872. The number of nitrogens with zero attached hydrogens (tertiary/aromatic N) is 3. The van der Waals surface area contributed by atoms with Gasteiger partial charge >= 0.3 is 0 Å². The second-order valence-electron chi connectivity index (χ2n) is 3.17. The third-order valence-electron chi connectivity index (χ3n) is 2.10.